The Morgan fingerprint density at radius 3 is 2.56 bits per heavy atom. The largest absolute Gasteiger partial charge is 0.478 e. The number of sulfonamides is 1. The number of carbonyl (C=O) groups is 1. The molecule has 8 nitrogen and oxygen atoms in total. The number of aromatic carboxylic acids is 1. The fourth-order valence-electron chi connectivity index (χ4n) is 2.07. The Labute approximate surface area is 148 Å². The highest BCUT2D eigenvalue weighted by Crippen LogP contribution is 2.23. The molecule has 0 aliphatic heterocycles. The third-order valence-electron chi connectivity index (χ3n) is 3.32. The van der Waals surface area contributed by atoms with Crippen LogP contribution in [-0.4, -0.2) is 59.5 Å². The third kappa shape index (κ3) is 7.39. The van der Waals surface area contributed by atoms with Crippen LogP contribution < -0.4 is 10.0 Å². The van der Waals surface area contributed by atoms with Crippen LogP contribution in [-0.2, 0) is 19.5 Å². The molecule has 0 atom stereocenters. The summed E-state index contributed by atoms with van der Waals surface area (Å²) in [6, 6.07) is 3.99. The summed E-state index contributed by atoms with van der Waals surface area (Å²) >= 11 is 0. The van der Waals surface area contributed by atoms with Crippen molar-refractivity contribution in [2.24, 2.45) is 0 Å². The van der Waals surface area contributed by atoms with Crippen LogP contribution in [0.4, 0.5) is 5.69 Å². The molecular formula is C16H26N2O6S. The smallest absolute Gasteiger partial charge is 0.335 e. The normalized spacial score (nSPS) is 11.4. The second-order valence-corrected chi connectivity index (χ2v) is 6.97. The molecule has 0 heterocycles. The second-order valence-electron chi connectivity index (χ2n) is 5.24. The lowest BCUT2D eigenvalue weighted by Crippen LogP contribution is -2.27. The van der Waals surface area contributed by atoms with Crippen molar-refractivity contribution in [3.63, 3.8) is 0 Å². The van der Waals surface area contributed by atoms with Gasteiger partial charge in [-0.3, -0.25) is 0 Å². The first kappa shape index (κ1) is 21.4. The number of benzene rings is 1. The van der Waals surface area contributed by atoms with Crippen molar-refractivity contribution in [3.8, 4) is 0 Å². The number of carboxylic acid groups (broad SMARTS) is 1. The minimum atomic E-state index is -3.84. The number of methoxy groups -OCH3 is 1. The lowest BCUT2D eigenvalue weighted by molar-refractivity contribution is 0.0696. The predicted molar refractivity (Wildman–Crippen MR) is 94.7 cm³/mol. The van der Waals surface area contributed by atoms with Gasteiger partial charge in [-0.1, -0.05) is 0 Å². The molecule has 1 aromatic carbocycles. The molecule has 0 unspecified atom stereocenters. The van der Waals surface area contributed by atoms with Gasteiger partial charge in [-0.25, -0.2) is 17.9 Å². The van der Waals surface area contributed by atoms with E-state index >= 15 is 0 Å². The maximum Gasteiger partial charge on any atom is 0.335 e. The number of ether oxygens (including phenoxy) is 2. The molecule has 0 spiro atoms. The summed E-state index contributed by atoms with van der Waals surface area (Å²) in [6.07, 6.45) is 1.22. The Hall–Kier alpha value is -1.68. The molecule has 0 saturated carbocycles. The quantitative estimate of drug-likeness (QED) is 0.449. The number of anilines is 1. The Kier molecular flexibility index (Phi) is 9.43. The zero-order valence-electron chi connectivity index (χ0n) is 14.6. The number of hydrogen-bond acceptors (Lipinski definition) is 6. The van der Waals surface area contributed by atoms with Gasteiger partial charge in [0, 0.05) is 40.0 Å². The van der Waals surface area contributed by atoms with E-state index in [-0.39, 0.29) is 17.0 Å². The summed E-state index contributed by atoms with van der Waals surface area (Å²) in [7, 11) is -2.25. The molecule has 0 aromatic heterocycles. The van der Waals surface area contributed by atoms with Crippen molar-refractivity contribution in [2.45, 2.75) is 24.7 Å². The number of nitrogens with one attached hydrogen (secondary N) is 2. The van der Waals surface area contributed by atoms with Crippen LogP contribution in [0.3, 0.4) is 0 Å². The van der Waals surface area contributed by atoms with Crippen LogP contribution in [0.25, 0.3) is 0 Å². The molecule has 142 valence electrons. The maximum atomic E-state index is 12.5. The van der Waals surface area contributed by atoms with Crippen LogP contribution in [0.1, 0.15) is 30.1 Å². The Balaban J connectivity index is 2.90. The first-order valence-electron chi connectivity index (χ1n) is 8.10. The molecule has 9 heteroatoms. The summed E-state index contributed by atoms with van der Waals surface area (Å²) in [4.78, 5) is 11.1. The van der Waals surface area contributed by atoms with E-state index in [1.54, 1.807) is 7.11 Å². The monoisotopic (exact) mass is 374 g/mol. The molecule has 0 aliphatic rings. The van der Waals surface area contributed by atoms with E-state index < -0.39 is 16.0 Å². The van der Waals surface area contributed by atoms with E-state index in [9.17, 15) is 13.2 Å². The second kappa shape index (κ2) is 11.0. The molecule has 0 aliphatic carbocycles. The highest BCUT2D eigenvalue weighted by atomic mass is 32.2. The predicted octanol–water partition coefficient (Wildman–Crippen LogP) is 1.54. The fraction of sp³-hybridized carbons (Fsp3) is 0.562. The van der Waals surface area contributed by atoms with Gasteiger partial charge in [0.1, 0.15) is 4.90 Å². The molecule has 0 fully saturated rings. The number of hydrogen-bond donors (Lipinski definition) is 3. The molecule has 0 bridgehead atoms. The average Bonchev–Trinajstić information content (AvgIpc) is 2.58. The summed E-state index contributed by atoms with van der Waals surface area (Å²) in [6.45, 7) is 4.15. The number of rotatable bonds is 13. The van der Waals surface area contributed by atoms with E-state index in [0.29, 0.717) is 44.9 Å². The van der Waals surface area contributed by atoms with E-state index in [2.05, 4.69) is 10.0 Å². The minimum absolute atomic E-state index is 0.0822. The molecule has 1 rings (SSSR count). The van der Waals surface area contributed by atoms with E-state index in [1.807, 2.05) is 6.92 Å². The van der Waals surface area contributed by atoms with Crippen molar-refractivity contribution in [1.82, 2.24) is 4.72 Å². The summed E-state index contributed by atoms with van der Waals surface area (Å²) < 4.78 is 37.7. The summed E-state index contributed by atoms with van der Waals surface area (Å²) in [5, 5.41) is 12.1. The van der Waals surface area contributed by atoms with Crippen LogP contribution in [0.5, 0.6) is 0 Å². The molecular weight excluding hydrogens is 348 g/mol. The van der Waals surface area contributed by atoms with Crippen molar-refractivity contribution >= 4 is 21.7 Å². The van der Waals surface area contributed by atoms with Gasteiger partial charge >= 0.3 is 5.97 Å². The Morgan fingerprint density at radius 1 is 1.20 bits per heavy atom. The zero-order chi connectivity index (χ0) is 18.7. The lowest BCUT2D eigenvalue weighted by Gasteiger charge is -2.14. The summed E-state index contributed by atoms with van der Waals surface area (Å²) in [5.41, 5.74) is 0.274. The van der Waals surface area contributed by atoms with Gasteiger partial charge in [-0.2, -0.15) is 0 Å². The maximum absolute atomic E-state index is 12.5. The molecule has 25 heavy (non-hydrogen) atoms. The van der Waals surface area contributed by atoms with Crippen molar-refractivity contribution in [1.29, 1.82) is 0 Å². The van der Waals surface area contributed by atoms with Gasteiger partial charge in [-0.15, -0.1) is 0 Å². The standard InChI is InChI=1S/C16H26N2O6S/c1-3-24-11-5-9-18-25(21,22)15-12-13(16(19)20)6-7-14(15)17-8-4-10-23-2/h6-7,12,17-18H,3-5,8-11H2,1-2H3,(H,19,20). The van der Waals surface area contributed by atoms with Gasteiger partial charge in [0.05, 0.1) is 11.3 Å². The minimum Gasteiger partial charge on any atom is -0.478 e. The summed E-state index contributed by atoms with van der Waals surface area (Å²) in [5.74, 6) is -1.18. The molecule has 1 aromatic rings. The van der Waals surface area contributed by atoms with Crippen molar-refractivity contribution < 1.29 is 27.8 Å². The molecule has 0 amide bonds. The van der Waals surface area contributed by atoms with Crippen molar-refractivity contribution in [2.75, 3.05) is 45.3 Å². The van der Waals surface area contributed by atoms with E-state index in [0.717, 1.165) is 6.07 Å². The molecule has 0 radical (unpaired) electrons. The van der Waals surface area contributed by atoms with Crippen molar-refractivity contribution in [3.05, 3.63) is 23.8 Å². The van der Waals surface area contributed by atoms with Crippen LogP contribution in [0, 0.1) is 0 Å². The SMILES string of the molecule is CCOCCCNS(=O)(=O)c1cc(C(=O)O)ccc1NCCCOC. The fourth-order valence-corrected chi connectivity index (χ4v) is 3.35. The van der Waals surface area contributed by atoms with Gasteiger partial charge in [-0.05, 0) is 38.0 Å². The topological polar surface area (TPSA) is 114 Å². The van der Waals surface area contributed by atoms with Gasteiger partial charge in [0.2, 0.25) is 10.0 Å². The van der Waals surface area contributed by atoms with Gasteiger partial charge in [0.25, 0.3) is 0 Å². The third-order valence-corrected chi connectivity index (χ3v) is 4.82. The molecule has 3 N–H and O–H groups in total. The van der Waals surface area contributed by atoms with Crippen LogP contribution in [0.2, 0.25) is 0 Å². The first-order chi connectivity index (χ1) is 11.9. The zero-order valence-corrected chi connectivity index (χ0v) is 15.4. The Morgan fingerprint density at radius 2 is 1.92 bits per heavy atom. The van der Waals surface area contributed by atoms with Gasteiger partial charge < -0.3 is 19.9 Å². The van der Waals surface area contributed by atoms with Crippen LogP contribution >= 0.6 is 0 Å². The highest BCUT2D eigenvalue weighted by molar-refractivity contribution is 7.89. The highest BCUT2D eigenvalue weighted by Gasteiger charge is 2.20. The number of carboxylic acids is 1. The lowest BCUT2D eigenvalue weighted by atomic mass is 10.2. The molecule has 0 saturated heterocycles. The van der Waals surface area contributed by atoms with E-state index in [4.69, 9.17) is 14.6 Å². The van der Waals surface area contributed by atoms with E-state index in [1.165, 1.54) is 12.1 Å². The van der Waals surface area contributed by atoms with Gasteiger partial charge in [0.15, 0.2) is 0 Å². The first-order valence-corrected chi connectivity index (χ1v) is 9.58. The Bertz CT molecular complexity index is 648. The van der Waals surface area contributed by atoms with Crippen LogP contribution in [0.15, 0.2) is 23.1 Å². The average molecular weight is 374 g/mol.